The topological polar surface area (TPSA) is 46.2 Å². The van der Waals surface area contributed by atoms with Gasteiger partial charge >= 0.3 is 0 Å². The van der Waals surface area contributed by atoms with E-state index in [0.717, 1.165) is 25.7 Å². The fourth-order valence-corrected chi connectivity index (χ4v) is 5.33. The Morgan fingerprint density at radius 1 is 1.33 bits per heavy atom. The molecule has 3 nitrogen and oxygen atoms in total. The van der Waals surface area contributed by atoms with Crippen LogP contribution in [-0.4, -0.2) is 20.2 Å². The summed E-state index contributed by atoms with van der Waals surface area (Å²) in [6, 6.07) is 4.22. The molecule has 18 heavy (non-hydrogen) atoms. The number of hydrogen-bond acceptors (Lipinski definition) is 3. The Labute approximate surface area is 113 Å². The lowest BCUT2D eigenvalue weighted by Gasteiger charge is -2.28. The number of rotatable bonds is 5. The van der Waals surface area contributed by atoms with E-state index in [1.807, 2.05) is 0 Å². The Kier molecular flexibility index (Phi) is 3.24. The van der Waals surface area contributed by atoms with Crippen LogP contribution in [0, 0.1) is 0 Å². The molecule has 2 aliphatic rings. The fraction of sp³-hybridized carbons (Fsp3) is 0.692. The number of sulfonamides is 1. The molecule has 0 aromatic carbocycles. The van der Waals surface area contributed by atoms with Crippen molar-refractivity contribution in [3.63, 3.8) is 0 Å². The van der Waals surface area contributed by atoms with Crippen LogP contribution in [0.2, 0.25) is 0 Å². The lowest BCUT2D eigenvalue weighted by atomic mass is 9.85. The summed E-state index contributed by atoms with van der Waals surface area (Å²) in [5.74, 6) is 0. The van der Waals surface area contributed by atoms with Crippen LogP contribution < -0.4 is 4.72 Å². The zero-order chi connectivity index (χ0) is 12.6. The summed E-state index contributed by atoms with van der Waals surface area (Å²) in [6.45, 7) is 0.590. The second-order valence-corrected chi connectivity index (χ2v) is 8.52. The van der Waals surface area contributed by atoms with Gasteiger partial charge in [-0.3, -0.25) is 0 Å². The third kappa shape index (κ3) is 2.36. The van der Waals surface area contributed by atoms with Gasteiger partial charge in [-0.2, -0.15) is 0 Å². The van der Waals surface area contributed by atoms with E-state index < -0.39 is 10.0 Å². The van der Waals surface area contributed by atoms with Gasteiger partial charge in [-0.25, -0.2) is 13.1 Å². The van der Waals surface area contributed by atoms with Crippen molar-refractivity contribution in [2.75, 3.05) is 6.54 Å². The van der Waals surface area contributed by atoms with Crippen LogP contribution in [0.25, 0.3) is 0 Å². The smallest absolute Gasteiger partial charge is 0.214 e. The average Bonchev–Trinajstić information content (AvgIpc) is 2.91. The van der Waals surface area contributed by atoms with Crippen molar-refractivity contribution in [3.05, 3.63) is 22.4 Å². The summed E-state index contributed by atoms with van der Waals surface area (Å²) < 4.78 is 26.8. The number of nitrogens with one attached hydrogen (secondary N) is 1. The van der Waals surface area contributed by atoms with Crippen molar-refractivity contribution in [2.24, 2.45) is 0 Å². The molecule has 2 fully saturated rings. The maximum absolute atomic E-state index is 12.0. The summed E-state index contributed by atoms with van der Waals surface area (Å²) >= 11 is 1.76. The van der Waals surface area contributed by atoms with Gasteiger partial charge in [0, 0.05) is 16.8 Å². The summed E-state index contributed by atoms with van der Waals surface area (Å²) in [4.78, 5) is 1.35. The molecule has 1 aromatic heterocycles. The normalized spacial score (nSPS) is 23.3. The van der Waals surface area contributed by atoms with Gasteiger partial charge in [-0.15, -0.1) is 11.3 Å². The number of thiophene rings is 1. The molecule has 0 unspecified atom stereocenters. The fourth-order valence-electron chi connectivity index (χ4n) is 2.88. The molecule has 0 spiro atoms. The first-order valence-electron chi connectivity index (χ1n) is 6.65. The van der Waals surface area contributed by atoms with E-state index in [1.54, 1.807) is 11.3 Å². The van der Waals surface area contributed by atoms with Gasteiger partial charge in [-0.05, 0) is 37.1 Å². The minimum atomic E-state index is -3.05. The molecule has 0 atom stereocenters. The van der Waals surface area contributed by atoms with E-state index in [4.69, 9.17) is 0 Å². The quantitative estimate of drug-likeness (QED) is 0.904. The van der Waals surface area contributed by atoms with E-state index >= 15 is 0 Å². The first kappa shape index (κ1) is 12.6. The Bertz CT molecular complexity index is 497. The van der Waals surface area contributed by atoms with Crippen LogP contribution in [0.3, 0.4) is 0 Å². The van der Waals surface area contributed by atoms with E-state index in [-0.39, 0.29) is 10.7 Å². The van der Waals surface area contributed by atoms with Gasteiger partial charge in [0.05, 0.1) is 5.25 Å². The summed E-state index contributed by atoms with van der Waals surface area (Å²) in [7, 11) is -3.05. The van der Waals surface area contributed by atoms with Crippen molar-refractivity contribution >= 4 is 21.4 Å². The molecule has 1 aromatic rings. The monoisotopic (exact) mass is 285 g/mol. The Morgan fingerprint density at radius 3 is 2.61 bits per heavy atom. The van der Waals surface area contributed by atoms with Crippen molar-refractivity contribution in [3.8, 4) is 0 Å². The maximum atomic E-state index is 12.0. The maximum Gasteiger partial charge on any atom is 0.214 e. The minimum Gasteiger partial charge on any atom is -0.214 e. The Morgan fingerprint density at radius 2 is 2.06 bits per heavy atom. The summed E-state index contributed by atoms with van der Waals surface area (Å²) in [5, 5.41) is 1.98. The second-order valence-electron chi connectivity index (χ2n) is 5.53. The van der Waals surface area contributed by atoms with E-state index in [2.05, 4.69) is 22.2 Å². The highest BCUT2D eigenvalue weighted by atomic mass is 32.2. The molecule has 0 amide bonds. The van der Waals surface area contributed by atoms with Gasteiger partial charge < -0.3 is 0 Å². The lowest BCUT2D eigenvalue weighted by Crippen LogP contribution is -2.39. The van der Waals surface area contributed by atoms with Crippen molar-refractivity contribution in [2.45, 2.75) is 49.2 Å². The van der Waals surface area contributed by atoms with Crippen LogP contribution in [0.1, 0.15) is 43.4 Å². The molecule has 0 saturated heterocycles. The first-order valence-corrected chi connectivity index (χ1v) is 9.08. The van der Waals surface area contributed by atoms with E-state index in [9.17, 15) is 8.42 Å². The minimum absolute atomic E-state index is 0.0656. The Balaban J connectivity index is 1.75. The highest BCUT2D eigenvalue weighted by Gasteiger charge is 2.40. The summed E-state index contributed by atoms with van der Waals surface area (Å²) in [5.41, 5.74) is 0.0656. The Hall–Kier alpha value is -0.390. The van der Waals surface area contributed by atoms with Gasteiger partial charge in [0.2, 0.25) is 10.0 Å². The highest BCUT2D eigenvalue weighted by molar-refractivity contribution is 7.90. The van der Waals surface area contributed by atoms with E-state index in [0.29, 0.717) is 6.54 Å². The molecule has 1 N–H and O–H groups in total. The van der Waals surface area contributed by atoms with Gasteiger partial charge in [0.25, 0.3) is 0 Å². The molecule has 5 heteroatoms. The predicted molar refractivity (Wildman–Crippen MR) is 74.4 cm³/mol. The second kappa shape index (κ2) is 4.62. The van der Waals surface area contributed by atoms with Crippen molar-refractivity contribution in [1.29, 1.82) is 0 Å². The van der Waals surface area contributed by atoms with Gasteiger partial charge in [0.15, 0.2) is 0 Å². The SMILES string of the molecule is O=S(=O)(NCC1(c2cccs2)CCCC1)C1CC1. The molecule has 100 valence electrons. The molecular formula is C13H19NO2S2. The first-order chi connectivity index (χ1) is 8.62. The van der Waals surface area contributed by atoms with Gasteiger partial charge in [0.1, 0.15) is 0 Å². The largest absolute Gasteiger partial charge is 0.214 e. The van der Waals surface area contributed by atoms with Gasteiger partial charge in [-0.1, -0.05) is 18.9 Å². The van der Waals surface area contributed by atoms with Crippen LogP contribution in [-0.2, 0) is 15.4 Å². The average molecular weight is 285 g/mol. The van der Waals surface area contributed by atoms with Crippen LogP contribution in [0.15, 0.2) is 17.5 Å². The molecule has 0 bridgehead atoms. The summed E-state index contributed by atoms with van der Waals surface area (Å²) in [6.07, 6.45) is 6.32. The molecule has 0 aliphatic heterocycles. The standard InChI is InChI=1S/C13H19NO2S2/c15-18(16,11-5-6-11)14-10-13(7-1-2-8-13)12-4-3-9-17-12/h3-4,9,11,14H,1-2,5-8,10H2. The molecule has 2 aliphatic carbocycles. The van der Waals surface area contributed by atoms with Crippen molar-refractivity contribution in [1.82, 2.24) is 4.72 Å². The zero-order valence-corrected chi connectivity index (χ0v) is 12.0. The van der Waals surface area contributed by atoms with E-state index in [1.165, 1.54) is 17.7 Å². The van der Waals surface area contributed by atoms with Crippen LogP contribution in [0.4, 0.5) is 0 Å². The third-order valence-corrected chi connectivity index (χ3v) is 7.19. The van der Waals surface area contributed by atoms with Crippen LogP contribution in [0.5, 0.6) is 0 Å². The zero-order valence-electron chi connectivity index (χ0n) is 10.4. The molecule has 3 rings (SSSR count). The van der Waals surface area contributed by atoms with Crippen molar-refractivity contribution < 1.29 is 8.42 Å². The molecule has 2 saturated carbocycles. The lowest BCUT2D eigenvalue weighted by molar-refractivity contribution is 0.440. The third-order valence-electron chi connectivity index (χ3n) is 4.18. The highest BCUT2D eigenvalue weighted by Crippen LogP contribution is 2.43. The molecular weight excluding hydrogens is 266 g/mol. The molecule has 1 heterocycles. The number of hydrogen-bond donors (Lipinski definition) is 1. The van der Waals surface area contributed by atoms with Crippen LogP contribution >= 0.6 is 11.3 Å². The predicted octanol–water partition coefficient (Wildman–Crippen LogP) is 2.64. The molecule has 0 radical (unpaired) electrons.